The van der Waals surface area contributed by atoms with Crippen LogP contribution in [-0.2, 0) is 7.05 Å². The Kier molecular flexibility index (Phi) is 7.41. The number of halogens is 6. The zero-order valence-corrected chi connectivity index (χ0v) is 16.5. The predicted molar refractivity (Wildman–Crippen MR) is 97.2 cm³/mol. The highest BCUT2D eigenvalue weighted by molar-refractivity contribution is 7.99. The number of rotatable bonds is 7. The Balaban J connectivity index is 2.03. The maximum absolute atomic E-state index is 12.9. The lowest BCUT2D eigenvalue weighted by molar-refractivity contribution is 0.0929. The molecule has 1 N–H and O–H groups in total. The molecule has 0 aliphatic rings. The summed E-state index contributed by atoms with van der Waals surface area (Å²) >= 11 is 13.2. The number of thioether (sulfide) groups is 1. The SMILES string of the molecule is CC(CSc1c(Cl)cc(C(F)F)cc1Cl)NC(=O)c1cn(C)nc1C(F)F. The summed E-state index contributed by atoms with van der Waals surface area (Å²) in [6, 6.07) is 1.83. The molecule has 11 heteroatoms. The van der Waals surface area contributed by atoms with Gasteiger partial charge in [0.1, 0.15) is 5.69 Å². The van der Waals surface area contributed by atoms with Gasteiger partial charge in [0.25, 0.3) is 18.8 Å². The topological polar surface area (TPSA) is 46.9 Å². The Labute approximate surface area is 167 Å². The number of aryl methyl sites for hydroxylation is 1. The standard InChI is InChI=1S/C16H15Cl2F4N3OS/c1-7(23-16(26)9-5-25(2)24-12(9)15(21)22)6-27-13-10(17)3-8(14(19)20)4-11(13)18/h3-5,7,14-15H,6H2,1-2H3,(H,23,26). The molecule has 4 nitrogen and oxygen atoms in total. The molecule has 1 aromatic carbocycles. The highest BCUT2D eigenvalue weighted by Gasteiger charge is 2.23. The minimum absolute atomic E-state index is 0.0774. The first-order valence-electron chi connectivity index (χ1n) is 7.62. The van der Waals surface area contributed by atoms with E-state index in [1.54, 1.807) is 6.92 Å². The fourth-order valence-corrected chi connectivity index (χ4v) is 3.96. The van der Waals surface area contributed by atoms with Gasteiger partial charge in [-0.25, -0.2) is 17.6 Å². The molecule has 0 aliphatic heterocycles. The molecule has 2 rings (SSSR count). The van der Waals surface area contributed by atoms with Crippen molar-refractivity contribution in [2.45, 2.75) is 30.7 Å². The van der Waals surface area contributed by atoms with Crippen LogP contribution >= 0.6 is 35.0 Å². The largest absolute Gasteiger partial charge is 0.349 e. The molecule has 1 heterocycles. The summed E-state index contributed by atoms with van der Waals surface area (Å²) in [5.41, 5.74) is -1.09. The van der Waals surface area contributed by atoms with Gasteiger partial charge in [0.05, 0.1) is 15.6 Å². The summed E-state index contributed by atoms with van der Waals surface area (Å²) in [7, 11) is 1.44. The maximum Gasteiger partial charge on any atom is 0.282 e. The molecule has 0 saturated carbocycles. The molecule has 27 heavy (non-hydrogen) atoms. The van der Waals surface area contributed by atoms with Crippen molar-refractivity contribution in [1.29, 1.82) is 0 Å². The van der Waals surface area contributed by atoms with Crippen LogP contribution in [0.15, 0.2) is 23.2 Å². The zero-order valence-electron chi connectivity index (χ0n) is 14.1. The minimum atomic E-state index is -2.87. The van der Waals surface area contributed by atoms with Gasteiger partial charge < -0.3 is 5.32 Å². The minimum Gasteiger partial charge on any atom is -0.349 e. The van der Waals surface area contributed by atoms with E-state index >= 15 is 0 Å². The van der Waals surface area contributed by atoms with Crippen molar-refractivity contribution in [3.63, 3.8) is 0 Å². The van der Waals surface area contributed by atoms with Crippen molar-refractivity contribution in [3.05, 3.63) is 45.2 Å². The van der Waals surface area contributed by atoms with Crippen LogP contribution in [0.4, 0.5) is 17.6 Å². The molecule has 0 fully saturated rings. The lowest BCUT2D eigenvalue weighted by Crippen LogP contribution is -2.34. The third kappa shape index (κ3) is 5.52. The van der Waals surface area contributed by atoms with Crippen molar-refractivity contribution < 1.29 is 22.4 Å². The molecular weight excluding hydrogens is 429 g/mol. The first-order chi connectivity index (χ1) is 12.6. The second kappa shape index (κ2) is 9.16. The van der Waals surface area contributed by atoms with Crippen LogP contribution in [0.5, 0.6) is 0 Å². The highest BCUT2D eigenvalue weighted by atomic mass is 35.5. The Morgan fingerprint density at radius 2 is 1.81 bits per heavy atom. The van der Waals surface area contributed by atoms with E-state index in [4.69, 9.17) is 23.2 Å². The van der Waals surface area contributed by atoms with E-state index in [0.717, 1.165) is 28.6 Å². The molecule has 1 unspecified atom stereocenters. The fraction of sp³-hybridized carbons (Fsp3) is 0.375. The average molecular weight is 444 g/mol. The van der Waals surface area contributed by atoms with E-state index in [9.17, 15) is 22.4 Å². The molecule has 148 valence electrons. The molecule has 1 aromatic heterocycles. The van der Waals surface area contributed by atoms with Gasteiger partial charge in [-0.15, -0.1) is 11.8 Å². The van der Waals surface area contributed by atoms with Crippen molar-refractivity contribution >= 4 is 40.9 Å². The van der Waals surface area contributed by atoms with Gasteiger partial charge in [0.15, 0.2) is 0 Å². The second-order valence-corrected chi connectivity index (χ2v) is 7.55. The Hall–Kier alpha value is -1.45. The number of amides is 1. The van der Waals surface area contributed by atoms with E-state index in [0.29, 0.717) is 10.6 Å². The van der Waals surface area contributed by atoms with Crippen molar-refractivity contribution in [2.75, 3.05) is 5.75 Å². The number of carbonyl (C=O) groups is 1. The van der Waals surface area contributed by atoms with E-state index in [2.05, 4.69) is 10.4 Å². The molecule has 1 atom stereocenters. The Morgan fingerprint density at radius 3 is 2.33 bits per heavy atom. The Bertz CT molecular complexity index is 809. The van der Waals surface area contributed by atoms with Crippen LogP contribution in [-0.4, -0.2) is 27.5 Å². The summed E-state index contributed by atoms with van der Waals surface area (Å²) in [6.07, 6.45) is -4.35. The number of hydrogen-bond acceptors (Lipinski definition) is 3. The van der Waals surface area contributed by atoms with E-state index in [1.165, 1.54) is 13.2 Å². The first-order valence-corrected chi connectivity index (χ1v) is 9.36. The predicted octanol–water partition coefficient (Wildman–Crippen LogP) is 5.51. The molecule has 2 aromatic rings. The second-order valence-electron chi connectivity index (χ2n) is 5.70. The van der Waals surface area contributed by atoms with Gasteiger partial charge in [-0.05, 0) is 19.1 Å². The molecule has 0 spiro atoms. The highest BCUT2D eigenvalue weighted by Crippen LogP contribution is 2.37. The summed E-state index contributed by atoms with van der Waals surface area (Å²) in [5.74, 6) is -0.388. The number of carbonyl (C=O) groups excluding carboxylic acids is 1. The molecule has 0 saturated heterocycles. The lowest BCUT2D eigenvalue weighted by atomic mass is 10.2. The van der Waals surface area contributed by atoms with E-state index < -0.39 is 30.5 Å². The normalized spacial score (nSPS) is 12.7. The number of alkyl halides is 4. The molecule has 0 radical (unpaired) electrons. The third-order valence-corrected chi connectivity index (χ3v) is 5.65. The average Bonchev–Trinajstić information content (AvgIpc) is 2.96. The van der Waals surface area contributed by atoms with E-state index in [-0.39, 0.29) is 21.2 Å². The van der Waals surface area contributed by atoms with Crippen LogP contribution in [0.25, 0.3) is 0 Å². The van der Waals surface area contributed by atoms with Crippen molar-refractivity contribution in [1.82, 2.24) is 15.1 Å². The summed E-state index contributed by atoms with van der Waals surface area (Å²) in [6.45, 7) is 1.67. The number of hydrogen-bond donors (Lipinski definition) is 1. The number of benzene rings is 1. The first kappa shape index (κ1) is 21.8. The van der Waals surface area contributed by atoms with Crippen LogP contribution in [0.2, 0.25) is 10.0 Å². The Morgan fingerprint density at radius 1 is 1.22 bits per heavy atom. The quantitative estimate of drug-likeness (QED) is 0.453. The summed E-state index contributed by atoms with van der Waals surface area (Å²) in [4.78, 5) is 12.6. The summed E-state index contributed by atoms with van der Waals surface area (Å²) in [5, 5.41) is 6.33. The number of aromatic nitrogens is 2. The molecular formula is C16H15Cl2F4N3OS. The van der Waals surface area contributed by atoms with Gasteiger partial charge in [-0.2, -0.15) is 5.10 Å². The number of nitrogens with zero attached hydrogens (tertiary/aromatic N) is 2. The molecule has 0 aliphatic carbocycles. The lowest BCUT2D eigenvalue weighted by Gasteiger charge is -2.15. The van der Waals surface area contributed by atoms with Gasteiger partial charge in [0.2, 0.25) is 0 Å². The summed E-state index contributed by atoms with van der Waals surface area (Å²) < 4.78 is 52.5. The van der Waals surface area contributed by atoms with Crippen molar-refractivity contribution in [2.24, 2.45) is 7.05 Å². The molecule has 0 bridgehead atoms. The smallest absolute Gasteiger partial charge is 0.282 e. The van der Waals surface area contributed by atoms with Gasteiger partial charge >= 0.3 is 0 Å². The van der Waals surface area contributed by atoms with Crippen LogP contribution in [0.3, 0.4) is 0 Å². The third-order valence-electron chi connectivity index (χ3n) is 3.44. The van der Waals surface area contributed by atoms with Crippen LogP contribution < -0.4 is 5.32 Å². The monoisotopic (exact) mass is 443 g/mol. The van der Waals surface area contributed by atoms with Gasteiger partial charge in [-0.3, -0.25) is 9.48 Å². The zero-order chi connectivity index (χ0) is 20.3. The van der Waals surface area contributed by atoms with Crippen LogP contribution in [0.1, 0.15) is 41.4 Å². The van der Waals surface area contributed by atoms with Crippen molar-refractivity contribution in [3.8, 4) is 0 Å². The molecule has 1 amide bonds. The van der Waals surface area contributed by atoms with Gasteiger partial charge in [0, 0.05) is 35.5 Å². The van der Waals surface area contributed by atoms with Crippen LogP contribution in [0, 0.1) is 0 Å². The van der Waals surface area contributed by atoms with E-state index in [1.807, 2.05) is 0 Å². The number of nitrogens with one attached hydrogen (secondary N) is 1. The van der Waals surface area contributed by atoms with Gasteiger partial charge in [-0.1, -0.05) is 23.2 Å². The fourth-order valence-electron chi connectivity index (χ4n) is 2.24. The maximum atomic E-state index is 12.9.